The normalized spacial score (nSPS) is 13.3. The van der Waals surface area contributed by atoms with Crippen molar-refractivity contribution >= 4 is 0 Å². The second-order valence-corrected chi connectivity index (χ2v) is 4.16. The Morgan fingerprint density at radius 2 is 1.89 bits per heavy atom. The van der Waals surface area contributed by atoms with Gasteiger partial charge >= 0.3 is 6.18 Å². The monoisotopic (exact) mass is 268 g/mol. The first-order valence-electron chi connectivity index (χ1n) is 5.50. The molecule has 0 aliphatic rings. The van der Waals surface area contributed by atoms with Gasteiger partial charge in [0.2, 0.25) is 0 Å². The van der Waals surface area contributed by atoms with E-state index in [0.29, 0.717) is 5.56 Å². The molecule has 6 heteroatoms. The van der Waals surface area contributed by atoms with Crippen LogP contribution in [0.3, 0.4) is 0 Å². The molecule has 1 N–H and O–H groups in total. The molecule has 2 aromatic heterocycles. The number of rotatable bonds is 2. The van der Waals surface area contributed by atoms with E-state index < -0.39 is 17.8 Å². The zero-order chi connectivity index (χ0) is 14.0. The minimum Gasteiger partial charge on any atom is -0.384 e. The van der Waals surface area contributed by atoms with Gasteiger partial charge < -0.3 is 5.11 Å². The topological polar surface area (TPSA) is 46.0 Å². The molecule has 0 spiro atoms. The third-order valence-corrected chi connectivity index (χ3v) is 2.66. The smallest absolute Gasteiger partial charge is 0.384 e. The van der Waals surface area contributed by atoms with Gasteiger partial charge in [-0.25, -0.2) is 0 Å². The number of aliphatic hydroxyl groups excluding tert-OH is 1. The maximum Gasteiger partial charge on any atom is 0.416 e. The van der Waals surface area contributed by atoms with Crippen molar-refractivity contribution in [2.75, 3.05) is 0 Å². The first kappa shape index (κ1) is 13.5. The molecule has 0 aromatic carbocycles. The van der Waals surface area contributed by atoms with E-state index in [1.807, 2.05) is 0 Å². The van der Waals surface area contributed by atoms with Gasteiger partial charge in [0.05, 0.1) is 5.56 Å². The van der Waals surface area contributed by atoms with Crippen LogP contribution in [0, 0.1) is 6.92 Å². The fraction of sp³-hybridized carbons (Fsp3) is 0.231. The summed E-state index contributed by atoms with van der Waals surface area (Å²) in [5, 5.41) is 10.1. The van der Waals surface area contributed by atoms with Gasteiger partial charge in [-0.2, -0.15) is 13.2 Å². The van der Waals surface area contributed by atoms with Crippen LogP contribution in [-0.4, -0.2) is 15.1 Å². The number of halogens is 3. The molecule has 2 rings (SSSR count). The van der Waals surface area contributed by atoms with Crippen LogP contribution in [0.4, 0.5) is 13.2 Å². The molecule has 1 atom stereocenters. The molecule has 100 valence electrons. The lowest BCUT2D eigenvalue weighted by atomic mass is 9.99. The summed E-state index contributed by atoms with van der Waals surface area (Å²) in [4.78, 5) is 7.51. The molecular formula is C13H11F3N2O. The summed E-state index contributed by atoms with van der Waals surface area (Å²) in [6, 6.07) is 2.44. The first-order chi connectivity index (χ1) is 8.89. The largest absolute Gasteiger partial charge is 0.416 e. The van der Waals surface area contributed by atoms with Crippen molar-refractivity contribution in [3.8, 4) is 0 Å². The van der Waals surface area contributed by atoms with E-state index in [4.69, 9.17) is 0 Å². The highest BCUT2D eigenvalue weighted by Gasteiger charge is 2.35. The Kier molecular flexibility index (Phi) is 3.53. The molecule has 19 heavy (non-hydrogen) atoms. The van der Waals surface area contributed by atoms with Gasteiger partial charge in [0.15, 0.2) is 0 Å². The molecule has 0 aliphatic heterocycles. The zero-order valence-corrected chi connectivity index (χ0v) is 10.0. The molecule has 0 saturated heterocycles. The van der Waals surface area contributed by atoms with Gasteiger partial charge in [-0.15, -0.1) is 0 Å². The van der Waals surface area contributed by atoms with Gasteiger partial charge in [0, 0.05) is 35.9 Å². The first-order valence-corrected chi connectivity index (χ1v) is 5.50. The molecule has 0 saturated carbocycles. The lowest BCUT2D eigenvalue weighted by Gasteiger charge is -2.17. The Morgan fingerprint density at radius 1 is 1.16 bits per heavy atom. The van der Waals surface area contributed by atoms with Crippen molar-refractivity contribution in [2.24, 2.45) is 0 Å². The number of aryl methyl sites for hydroxylation is 1. The van der Waals surface area contributed by atoms with Crippen molar-refractivity contribution in [2.45, 2.75) is 19.2 Å². The number of pyridine rings is 2. The standard InChI is InChI=1S/C13H11F3N2O/c1-8-4-9(6-18-5-8)12(19)10-7-17-3-2-11(10)13(14,15)16/h2-7,12,19H,1H3. The van der Waals surface area contributed by atoms with E-state index in [9.17, 15) is 18.3 Å². The van der Waals surface area contributed by atoms with Crippen molar-refractivity contribution in [3.63, 3.8) is 0 Å². The zero-order valence-electron chi connectivity index (χ0n) is 10.0. The number of hydrogen-bond donors (Lipinski definition) is 1. The maximum absolute atomic E-state index is 12.8. The summed E-state index contributed by atoms with van der Waals surface area (Å²) < 4.78 is 38.5. The molecule has 2 heterocycles. The fourth-order valence-electron chi connectivity index (χ4n) is 1.79. The molecular weight excluding hydrogens is 257 g/mol. The number of hydrogen-bond acceptors (Lipinski definition) is 3. The number of alkyl halides is 3. The van der Waals surface area contributed by atoms with Crippen LogP contribution in [0.1, 0.15) is 28.4 Å². The Bertz CT molecular complexity index is 584. The minimum atomic E-state index is -4.53. The summed E-state index contributed by atoms with van der Waals surface area (Å²) in [5.74, 6) is 0. The molecule has 3 nitrogen and oxygen atoms in total. The van der Waals surface area contributed by atoms with E-state index in [2.05, 4.69) is 9.97 Å². The summed E-state index contributed by atoms with van der Waals surface area (Å²) >= 11 is 0. The van der Waals surface area contributed by atoms with Gasteiger partial charge in [-0.1, -0.05) is 6.07 Å². The second-order valence-electron chi connectivity index (χ2n) is 4.16. The minimum absolute atomic E-state index is 0.276. The number of aliphatic hydroxyl groups is 1. The fourth-order valence-corrected chi connectivity index (χ4v) is 1.79. The van der Waals surface area contributed by atoms with Crippen LogP contribution in [0.2, 0.25) is 0 Å². The van der Waals surface area contributed by atoms with Crippen LogP contribution < -0.4 is 0 Å². The van der Waals surface area contributed by atoms with Gasteiger partial charge in [-0.3, -0.25) is 9.97 Å². The Balaban J connectivity index is 2.48. The van der Waals surface area contributed by atoms with E-state index in [0.717, 1.165) is 24.0 Å². The predicted molar refractivity (Wildman–Crippen MR) is 62.3 cm³/mol. The molecule has 0 fully saturated rings. The maximum atomic E-state index is 12.8. The highest BCUT2D eigenvalue weighted by atomic mass is 19.4. The quantitative estimate of drug-likeness (QED) is 0.911. The second kappa shape index (κ2) is 4.97. The summed E-state index contributed by atoms with van der Waals surface area (Å²) in [5.41, 5.74) is -0.105. The van der Waals surface area contributed by atoms with Crippen LogP contribution in [0.15, 0.2) is 36.9 Å². The van der Waals surface area contributed by atoms with Crippen molar-refractivity contribution in [1.29, 1.82) is 0 Å². The molecule has 0 aliphatic carbocycles. The highest BCUT2D eigenvalue weighted by Crippen LogP contribution is 2.35. The Morgan fingerprint density at radius 3 is 2.53 bits per heavy atom. The lowest BCUT2D eigenvalue weighted by molar-refractivity contribution is -0.139. The molecule has 2 aromatic rings. The molecule has 0 bridgehead atoms. The van der Waals surface area contributed by atoms with E-state index in [1.165, 1.54) is 6.20 Å². The number of aromatic nitrogens is 2. The van der Waals surface area contributed by atoms with Gasteiger partial charge in [0.25, 0.3) is 0 Å². The number of nitrogens with zero attached hydrogens (tertiary/aromatic N) is 2. The summed E-state index contributed by atoms with van der Waals surface area (Å²) in [7, 11) is 0. The van der Waals surface area contributed by atoms with Crippen molar-refractivity contribution < 1.29 is 18.3 Å². The summed E-state index contributed by atoms with van der Waals surface area (Å²) in [6.45, 7) is 1.75. The average Bonchev–Trinajstić information content (AvgIpc) is 2.37. The lowest BCUT2D eigenvalue weighted by Crippen LogP contribution is -2.13. The van der Waals surface area contributed by atoms with Crippen LogP contribution >= 0.6 is 0 Å². The van der Waals surface area contributed by atoms with Crippen LogP contribution in [-0.2, 0) is 6.18 Å². The van der Waals surface area contributed by atoms with E-state index in [1.54, 1.807) is 19.2 Å². The van der Waals surface area contributed by atoms with Crippen LogP contribution in [0.25, 0.3) is 0 Å². The highest BCUT2D eigenvalue weighted by molar-refractivity contribution is 5.35. The van der Waals surface area contributed by atoms with Gasteiger partial charge in [-0.05, 0) is 18.6 Å². The molecule has 0 radical (unpaired) electrons. The SMILES string of the molecule is Cc1cncc(C(O)c2cnccc2C(F)(F)F)c1. The Hall–Kier alpha value is -1.95. The summed E-state index contributed by atoms with van der Waals surface area (Å²) in [6.07, 6.45) is -0.966. The third-order valence-electron chi connectivity index (χ3n) is 2.66. The van der Waals surface area contributed by atoms with Crippen LogP contribution in [0.5, 0.6) is 0 Å². The van der Waals surface area contributed by atoms with Crippen molar-refractivity contribution in [1.82, 2.24) is 9.97 Å². The average molecular weight is 268 g/mol. The molecule has 1 unspecified atom stereocenters. The molecule has 0 amide bonds. The predicted octanol–water partition coefficient (Wildman–Crippen LogP) is 2.89. The van der Waals surface area contributed by atoms with Gasteiger partial charge in [0.1, 0.15) is 6.10 Å². The van der Waals surface area contributed by atoms with E-state index >= 15 is 0 Å². The van der Waals surface area contributed by atoms with Crippen molar-refractivity contribution in [3.05, 3.63) is 59.2 Å². The third kappa shape index (κ3) is 2.90. The van der Waals surface area contributed by atoms with E-state index in [-0.39, 0.29) is 5.56 Å². The Labute approximate surface area is 107 Å².